The van der Waals surface area contributed by atoms with Crippen molar-refractivity contribution in [3.63, 3.8) is 0 Å². The largest absolute Gasteiger partial charge is 0.391 e. The number of nitrogens with zero attached hydrogens (tertiary/aromatic N) is 7. The first-order chi connectivity index (χ1) is 52.3. The van der Waals surface area contributed by atoms with E-state index in [9.17, 15) is 53.1 Å². The molecule has 0 aliphatic carbocycles. The zero-order valence-electron chi connectivity index (χ0n) is 68.2. The third kappa shape index (κ3) is 23.9. The van der Waals surface area contributed by atoms with Crippen molar-refractivity contribution < 1.29 is 77.0 Å². The summed E-state index contributed by atoms with van der Waals surface area (Å²) < 4.78 is 0. The Morgan fingerprint density at radius 1 is 0.577 bits per heavy atom. The molecule has 30 nitrogen and oxygen atoms in total. The van der Waals surface area contributed by atoms with Crippen molar-refractivity contribution >= 4 is 88.5 Å². The Balaban J connectivity index is 1.34. The van der Waals surface area contributed by atoms with Crippen LogP contribution in [-0.2, 0) is 84.8 Å². The molecule has 30 heteroatoms. The maximum absolute atomic E-state index is 15.3. The Kier molecular flexibility index (Phi) is 34.1. The fourth-order valence-corrected chi connectivity index (χ4v) is 14.8. The molecule has 17 atom stereocenters. The molecule has 2 aromatic rings. The zero-order chi connectivity index (χ0) is 82.6. The summed E-state index contributed by atoms with van der Waals surface area (Å²) in [6, 6.07) is -0.116. The van der Waals surface area contributed by atoms with E-state index in [2.05, 4.69) is 37.2 Å². The van der Waals surface area contributed by atoms with Gasteiger partial charge in [0, 0.05) is 79.6 Å². The lowest BCUT2D eigenvalue weighted by atomic mass is 9.87. The number of nitrogens with one attached hydrogen (secondary N) is 7. The van der Waals surface area contributed by atoms with Crippen LogP contribution in [0.4, 0.5) is 0 Å². The molecule has 0 bridgehead atoms. The summed E-state index contributed by atoms with van der Waals surface area (Å²) in [6.07, 6.45) is 1.63. The van der Waals surface area contributed by atoms with Gasteiger partial charge in [-0.1, -0.05) is 129 Å². The van der Waals surface area contributed by atoms with Gasteiger partial charge in [-0.25, -0.2) is 0 Å². The molecule has 6 rings (SSSR count). The summed E-state index contributed by atoms with van der Waals surface area (Å²) in [5, 5.41) is 30.7. The molecule has 4 heterocycles. The molecule has 4 aliphatic heterocycles. The van der Waals surface area contributed by atoms with Crippen LogP contribution in [0.25, 0.3) is 0 Å². The molecule has 0 saturated carbocycles. The number of carbonyl (C=O) groups excluding carboxylic acids is 15. The van der Waals surface area contributed by atoms with Gasteiger partial charge < -0.3 is 76.6 Å². The van der Waals surface area contributed by atoms with Crippen LogP contribution in [0.3, 0.4) is 0 Å². The minimum Gasteiger partial charge on any atom is -0.391 e. The van der Waals surface area contributed by atoms with Crippen LogP contribution < -0.4 is 37.2 Å². The Morgan fingerprint density at radius 3 is 1.68 bits per heavy atom. The van der Waals surface area contributed by atoms with Gasteiger partial charge in [-0.05, 0) is 121 Å². The Labute approximate surface area is 654 Å². The molecule has 2 aromatic carbocycles. The molecule has 4 fully saturated rings. The molecule has 14 amide bonds. The van der Waals surface area contributed by atoms with Crippen LogP contribution in [0.15, 0.2) is 60.7 Å². The van der Waals surface area contributed by atoms with Crippen LogP contribution in [0.2, 0.25) is 0 Å². The van der Waals surface area contributed by atoms with E-state index in [-0.39, 0.29) is 75.1 Å². The molecule has 4 aliphatic rings. The number of piperidine rings is 1. The average molecular weight is 1550 g/mol. The van der Waals surface area contributed by atoms with Gasteiger partial charge in [-0.3, -0.25) is 71.9 Å². The highest BCUT2D eigenvalue weighted by Gasteiger charge is 2.46. The fourth-order valence-electron chi connectivity index (χ4n) is 14.8. The highest BCUT2D eigenvalue weighted by atomic mass is 16.3. The lowest BCUT2D eigenvalue weighted by molar-refractivity contribution is -0.150. The Morgan fingerprint density at radius 2 is 1.13 bits per heavy atom. The lowest BCUT2D eigenvalue weighted by Crippen LogP contribution is -2.63. The number of likely N-dealkylation sites (tertiary alicyclic amines) is 2. The number of fused-ring (bicyclic) bond motifs is 1. The van der Waals surface area contributed by atoms with E-state index in [1.807, 2.05) is 34.6 Å². The number of ketones is 1. The molecule has 0 spiro atoms. The van der Waals surface area contributed by atoms with Gasteiger partial charge in [-0.2, -0.15) is 0 Å². The normalized spacial score (nSPS) is 25.5. The number of carbonyl (C=O) groups is 15. The molecular formula is C81H124N14O16. The maximum atomic E-state index is 15.3. The Bertz CT molecular complexity index is 3610. The molecule has 0 aromatic heterocycles. The molecule has 0 unspecified atom stereocenters. The van der Waals surface area contributed by atoms with E-state index >= 15 is 24.0 Å². The number of Topliss-reactive ketones (excluding diaryl/α,β-unsaturated/α-hetero) is 1. The van der Waals surface area contributed by atoms with Gasteiger partial charge in [0.15, 0.2) is 5.78 Å². The molecule has 4 saturated heterocycles. The van der Waals surface area contributed by atoms with Crippen LogP contribution in [0.1, 0.15) is 178 Å². The van der Waals surface area contributed by atoms with Gasteiger partial charge in [0.05, 0.1) is 18.6 Å². The summed E-state index contributed by atoms with van der Waals surface area (Å²) in [5.41, 5.74) is 1.19. The maximum Gasteiger partial charge on any atom is 0.248 e. The number of amides is 14. The van der Waals surface area contributed by atoms with E-state index in [4.69, 9.17) is 0 Å². The standard InChI is InChI=1S/C81H124N14O16/c1-18-48(7)66-79(109)90(15)53(12)76(106)91(16)63(43-56-33-25-21-26-34-56)74(104)88-68(54(13)96)80(110)92(17)62(42-55-31-23-20-24-32-55)73(103)84-58(41-46(3)4)78(108)95-40-30-36-61(95)72(102)85-59(45-65(98)82-50(9)69(99)86-66)77(107)89(14)52(11)70(100)87-67(49(8)19-2)81(111)94-39-29-35-60(94)64(97)44-57(47(5)6)71(101)83-51(10)75(105)93-37-27-22-28-38-93/h20-21,23-26,31-34,46-54,57-63,66-68,96H,18-19,22,27-30,35-45H2,1-17H3,(H,82,98)(H,83,101)(H,84,103)(H,85,102)(H,86,99)(H,87,100)(H,88,104)/t48-,49-,50-,51-,52-,53-,54+,57-,58-,59-,60-,61-,62-,63-,66-,67-,68-/m0/s1. The SMILES string of the molecule is CC[C@H](C)[C@@H]1NC(=O)[C@H](C)NC(=O)C[C@@H](C(=O)N(C)[C@@H](C)C(=O)N[C@H](C(=O)N2CCC[C@H]2C(=O)C[C@H](C(=O)N[C@@H](C)C(=O)N2CCCCC2)C(C)C)[C@@H](C)CC)NC(=O)[C@@H]2CCCN2C(=O)[C@H](CC(C)C)NC(=O)[C@H](Cc2ccccc2)N(C)C(=O)[C@H]([C@@H](C)O)NC(=O)[C@H](Cc2ccccc2)N(C)C(=O)[C@H](C)N(C)C1=O. The van der Waals surface area contributed by atoms with Gasteiger partial charge in [0.25, 0.3) is 0 Å². The summed E-state index contributed by atoms with van der Waals surface area (Å²) in [4.78, 5) is 229. The molecule has 8 N–H and O–H groups in total. The number of aliphatic hydroxyl groups is 1. The number of hydrogen-bond donors (Lipinski definition) is 8. The number of rotatable bonds is 23. The van der Waals surface area contributed by atoms with Gasteiger partial charge in [0.2, 0.25) is 82.7 Å². The van der Waals surface area contributed by atoms with Crippen molar-refractivity contribution in [2.75, 3.05) is 54.4 Å². The van der Waals surface area contributed by atoms with Crippen molar-refractivity contribution in [3.05, 3.63) is 71.8 Å². The molecular weight excluding hydrogens is 1420 g/mol. The minimum atomic E-state index is -1.82. The third-order valence-corrected chi connectivity index (χ3v) is 22.8. The first-order valence-corrected chi connectivity index (χ1v) is 39.7. The summed E-state index contributed by atoms with van der Waals surface area (Å²) in [5.74, 6) is -13.4. The third-order valence-electron chi connectivity index (χ3n) is 22.8. The summed E-state index contributed by atoms with van der Waals surface area (Å²) >= 11 is 0. The average Bonchev–Trinajstić information content (AvgIpc) is 1.60. The lowest BCUT2D eigenvalue weighted by Gasteiger charge is -2.37. The van der Waals surface area contributed by atoms with Crippen molar-refractivity contribution in [1.29, 1.82) is 0 Å². The Hall–Kier alpha value is -9.35. The van der Waals surface area contributed by atoms with Gasteiger partial charge >= 0.3 is 0 Å². The molecule has 0 radical (unpaired) electrons. The summed E-state index contributed by atoms with van der Waals surface area (Å²) in [7, 11) is 5.29. The van der Waals surface area contributed by atoms with E-state index in [1.165, 1.54) is 65.7 Å². The quantitative estimate of drug-likeness (QED) is 0.0792. The minimum absolute atomic E-state index is 0.00764. The number of benzene rings is 2. The van der Waals surface area contributed by atoms with Crippen molar-refractivity contribution in [3.8, 4) is 0 Å². The van der Waals surface area contributed by atoms with E-state index in [1.54, 1.807) is 93.3 Å². The predicted molar refractivity (Wildman–Crippen MR) is 415 cm³/mol. The van der Waals surface area contributed by atoms with Crippen molar-refractivity contribution in [1.82, 2.24) is 71.5 Å². The van der Waals surface area contributed by atoms with Gasteiger partial charge in [-0.15, -0.1) is 0 Å². The second-order valence-electron chi connectivity index (χ2n) is 31.8. The first kappa shape index (κ1) is 90.5. The van der Waals surface area contributed by atoms with E-state index < -0.39 is 186 Å². The highest BCUT2D eigenvalue weighted by molar-refractivity contribution is 6.02. The van der Waals surface area contributed by atoms with E-state index in [0.29, 0.717) is 49.9 Å². The predicted octanol–water partition coefficient (Wildman–Crippen LogP) is 2.40. The summed E-state index contributed by atoms with van der Waals surface area (Å²) in [6.45, 7) is 22.7. The van der Waals surface area contributed by atoms with E-state index in [0.717, 1.165) is 38.9 Å². The highest BCUT2D eigenvalue weighted by Crippen LogP contribution is 2.29. The van der Waals surface area contributed by atoms with Crippen molar-refractivity contribution in [2.45, 2.75) is 265 Å². The van der Waals surface area contributed by atoms with Gasteiger partial charge in [0.1, 0.15) is 72.5 Å². The second kappa shape index (κ2) is 41.8. The molecule has 614 valence electrons. The number of aliphatic hydroxyl groups excluding tert-OH is 1. The molecule has 111 heavy (non-hydrogen) atoms. The number of likely N-dealkylation sites (N-methyl/N-ethyl adjacent to an activating group) is 4. The first-order valence-electron chi connectivity index (χ1n) is 39.7. The van der Waals surface area contributed by atoms with Crippen LogP contribution >= 0.6 is 0 Å². The smallest absolute Gasteiger partial charge is 0.248 e. The monoisotopic (exact) mass is 1550 g/mol. The topological polar surface area (TPSA) is 383 Å². The fraction of sp³-hybridized carbons (Fsp3) is 0.667. The number of hydrogen-bond acceptors (Lipinski definition) is 16. The van der Waals surface area contributed by atoms with Crippen LogP contribution in [0, 0.1) is 29.6 Å². The van der Waals surface area contributed by atoms with Crippen molar-refractivity contribution in [2.24, 2.45) is 29.6 Å². The second-order valence-corrected chi connectivity index (χ2v) is 31.8. The zero-order valence-corrected chi connectivity index (χ0v) is 68.2. The van der Waals surface area contributed by atoms with Crippen LogP contribution in [-0.4, -0.2) is 267 Å². The van der Waals surface area contributed by atoms with Crippen LogP contribution in [0.5, 0.6) is 0 Å².